The topological polar surface area (TPSA) is 93.8 Å². The van der Waals surface area contributed by atoms with Crippen LogP contribution in [-0.4, -0.2) is 20.9 Å². The Bertz CT molecular complexity index is 1180. The molecule has 1 amide bonds. The van der Waals surface area contributed by atoms with Crippen molar-refractivity contribution >= 4 is 45.0 Å². The Morgan fingerprint density at radius 1 is 1.18 bits per heavy atom. The zero-order valence-corrected chi connectivity index (χ0v) is 16.5. The van der Waals surface area contributed by atoms with Gasteiger partial charge in [0.2, 0.25) is 5.95 Å². The minimum Gasteiger partial charge on any atom is -0.368 e. The van der Waals surface area contributed by atoms with Crippen LogP contribution in [0.4, 0.5) is 5.95 Å². The van der Waals surface area contributed by atoms with Crippen LogP contribution in [0.2, 0.25) is 5.02 Å². The fraction of sp³-hybridized carbons (Fsp3) is 0.100. The van der Waals surface area contributed by atoms with E-state index in [4.69, 9.17) is 17.3 Å². The molecule has 8 heteroatoms. The van der Waals surface area contributed by atoms with E-state index in [2.05, 4.69) is 20.3 Å². The first-order chi connectivity index (χ1) is 13.5. The fourth-order valence-electron chi connectivity index (χ4n) is 2.84. The van der Waals surface area contributed by atoms with Crippen molar-refractivity contribution in [2.45, 2.75) is 13.5 Å². The Labute approximate surface area is 170 Å². The molecule has 0 fully saturated rings. The van der Waals surface area contributed by atoms with Crippen molar-refractivity contribution in [1.29, 1.82) is 0 Å². The smallest absolute Gasteiger partial charge is 0.261 e. The molecule has 3 heterocycles. The molecule has 0 aliphatic rings. The Morgan fingerprint density at radius 2 is 1.96 bits per heavy atom. The van der Waals surface area contributed by atoms with Crippen LogP contribution in [0.25, 0.3) is 21.5 Å². The van der Waals surface area contributed by atoms with Gasteiger partial charge in [-0.2, -0.15) is 0 Å². The summed E-state index contributed by atoms with van der Waals surface area (Å²) < 4.78 is 0. The summed E-state index contributed by atoms with van der Waals surface area (Å²) >= 11 is 7.70. The second-order valence-electron chi connectivity index (χ2n) is 6.28. The van der Waals surface area contributed by atoms with Gasteiger partial charge in [-0.25, -0.2) is 9.97 Å². The highest BCUT2D eigenvalue weighted by atomic mass is 35.5. The van der Waals surface area contributed by atoms with Crippen LogP contribution in [0.1, 0.15) is 20.8 Å². The number of aryl methyl sites for hydroxylation is 1. The van der Waals surface area contributed by atoms with Gasteiger partial charge in [0.05, 0.1) is 15.6 Å². The number of hydrogen-bond acceptors (Lipinski definition) is 6. The van der Waals surface area contributed by atoms with Gasteiger partial charge in [0.15, 0.2) is 0 Å². The van der Waals surface area contributed by atoms with Gasteiger partial charge in [0.1, 0.15) is 4.83 Å². The summed E-state index contributed by atoms with van der Waals surface area (Å²) in [6, 6.07) is 11.2. The summed E-state index contributed by atoms with van der Waals surface area (Å²) in [6.45, 7) is 2.38. The summed E-state index contributed by atoms with van der Waals surface area (Å²) in [5.74, 6) is -0.0379. The zero-order valence-electron chi connectivity index (χ0n) is 14.9. The third-order valence-corrected chi connectivity index (χ3v) is 5.56. The van der Waals surface area contributed by atoms with E-state index in [1.54, 1.807) is 18.5 Å². The van der Waals surface area contributed by atoms with Gasteiger partial charge in [-0.15, -0.1) is 11.3 Å². The second kappa shape index (κ2) is 7.53. The van der Waals surface area contributed by atoms with Crippen LogP contribution in [0, 0.1) is 6.92 Å². The van der Waals surface area contributed by atoms with E-state index in [1.165, 1.54) is 11.3 Å². The van der Waals surface area contributed by atoms with E-state index in [-0.39, 0.29) is 11.9 Å². The molecular weight excluding hydrogens is 394 g/mol. The number of fused-ring (bicyclic) bond motifs is 1. The zero-order chi connectivity index (χ0) is 19.7. The predicted octanol–water partition coefficient (Wildman–Crippen LogP) is 4.23. The number of rotatable bonds is 4. The molecule has 0 unspecified atom stereocenters. The van der Waals surface area contributed by atoms with E-state index in [9.17, 15) is 4.79 Å². The standard InChI is InChI=1S/C20H16ClN5OS/c1-11-2-3-13(15(21)8-11)17-14-9-16(28-19(14)26-20(22)25-17)18(27)24-10-12-4-6-23-7-5-12/h2-9H,10H2,1H3,(H,24,27)(H2,22,25,26). The summed E-state index contributed by atoms with van der Waals surface area (Å²) in [6.07, 6.45) is 3.38. The number of hydrogen-bond donors (Lipinski definition) is 2. The lowest BCUT2D eigenvalue weighted by Gasteiger charge is -2.07. The largest absolute Gasteiger partial charge is 0.368 e. The highest BCUT2D eigenvalue weighted by Gasteiger charge is 2.17. The van der Waals surface area contributed by atoms with Gasteiger partial charge in [0.25, 0.3) is 5.91 Å². The lowest BCUT2D eigenvalue weighted by molar-refractivity contribution is 0.0955. The van der Waals surface area contributed by atoms with Gasteiger partial charge >= 0.3 is 0 Å². The number of carbonyl (C=O) groups is 1. The summed E-state index contributed by atoms with van der Waals surface area (Å²) in [7, 11) is 0. The molecule has 4 rings (SSSR count). The van der Waals surface area contributed by atoms with Crippen molar-refractivity contribution in [1.82, 2.24) is 20.3 Å². The van der Waals surface area contributed by atoms with Crippen LogP contribution >= 0.6 is 22.9 Å². The van der Waals surface area contributed by atoms with Crippen molar-refractivity contribution in [3.63, 3.8) is 0 Å². The number of halogens is 1. The minimum atomic E-state index is -0.181. The molecule has 0 spiro atoms. The van der Waals surface area contributed by atoms with Crippen molar-refractivity contribution in [2.24, 2.45) is 0 Å². The Kier molecular flexibility index (Phi) is 4.93. The quantitative estimate of drug-likeness (QED) is 0.526. The fourth-order valence-corrected chi connectivity index (χ4v) is 4.12. The van der Waals surface area contributed by atoms with Crippen LogP contribution < -0.4 is 11.1 Å². The highest BCUT2D eigenvalue weighted by Crippen LogP contribution is 2.36. The molecule has 0 saturated carbocycles. The lowest BCUT2D eigenvalue weighted by atomic mass is 10.1. The lowest BCUT2D eigenvalue weighted by Crippen LogP contribution is -2.21. The number of aromatic nitrogens is 3. The number of thiophene rings is 1. The average molecular weight is 410 g/mol. The third kappa shape index (κ3) is 3.67. The van der Waals surface area contributed by atoms with Crippen molar-refractivity contribution in [2.75, 3.05) is 5.73 Å². The number of pyridine rings is 1. The summed E-state index contributed by atoms with van der Waals surface area (Å²) in [5, 5.41) is 4.23. The van der Waals surface area contributed by atoms with E-state index in [0.717, 1.165) is 22.1 Å². The van der Waals surface area contributed by atoms with Crippen LogP contribution in [0.3, 0.4) is 0 Å². The highest BCUT2D eigenvalue weighted by molar-refractivity contribution is 7.20. The number of benzene rings is 1. The van der Waals surface area contributed by atoms with E-state index in [0.29, 0.717) is 27.0 Å². The molecular formula is C20H16ClN5OS. The molecule has 0 aliphatic heterocycles. The van der Waals surface area contributed by atoms with E-state index >= 15 is 0 Å². The molecule has 0 saturated heterocycles. The van der Waals surface area contributed by atoms with Gasteiger partial charge in [0, 0.05) is 29.9 Å². The molecule has 0 bridgehead atoms. The molecule has 1 aromatic carbocycles. The number of nitrogen functional groups attached to an aromatic ring is 1. The molecule has 0 aliphatic carbocycles. The van der Waals surface area contributed by atoms with Crippen molar-refractivity contribution in [3.8, 4) is 11.3 Å². The number of nitrogens with one attached hydrogen (secondary N) is 1. The Balaban J connectivity index is 1.69. The van der Waals surface area contributed by atoms with Gasteiger partial charge < -0.3 is 11.1 Å². The molecule has 4 aromatic rings. The third-order valence-electron chi connectivity index (χ3n) is 4.22. The van der Waals surface area contributed by atoms with Crippen molar-refractivity contribution < 1.29 is 4.79 Å². The molecule has 28 heavy (non-hydrogen) atoms. The van der Waals surface area contributed by atoms with Crippen LogP contribution in [0.15, 0.2) is 48.8 Å². The molecule has 0 atom stereocenters. The molecule has 0 radical (unpaired) electrons. The monoisotopic (exact) mass is 409 g/mol. The van der Waals surface area contributed by atoms with Crippen LogP contribution in [0.5, 0.6) is 0 Å². The number of nitrogens with zero attached hydrogens (tertiary/aromatic N) is 3. The van der Waals surface area contributed by atoms with Crippen molar-refractivity contribution in [3.05, 3.63) is 69.8 Å². The van der Waals surface area contributed by atoms with Gasteiger partial charge in [-0.05, 0) is 42.3 Å². The van der Waals surface area contributed by atoms with Crippen LogP contribution in [-0.2, 0) is 6.54 Å². The molecule has 140 valence electrons. The van der Waals surface area contributed by atoms with E-state index < -0.39 is 0 Å². The number of amides is 1. The predicted molar refractivity (Wildman–Crippen MR) is 112 cm³/mol. The number of carbonyl (C=O) groups excluding carboxylic acids is 1. The molecule has 6 nitrogen and oxygen atoms in total. The second-order valence-corrected chi connectivity index (χ2v) is 7.72. The van der Waals surface area contributed by atoms with Gasteiger partial charge in [-0.3, -0.25) is 9.78 Å². The average Bonchev–Trinajstić information content (AvgIpc) is 3.10. The first kappa shape index (κ1) is 18.3. The minimum absolute atomic E-state index is 0.143. The number of anilines is 1. The molecule has 3 N–H and O–H groups in total. The Morgan fingerprint density at radius 3 is 2.71 bits per heavy atom. The summed E-state index contributed by atoms with van der Waals surface area (Å²) in [4.78, 5) is 26.4. The Hall–Kier alpha value is -3.03. The first-order valence-electron chi connectivity index (χ1n) is 8.52. The normalized spacial score (nSPS) is 10.9. The maximum Gasteiger partial charge on any atom is 0.261 e. The summed E-state index contributed by atoms with van der Waals surface area (Å²) in [5.41, 5.74) is 9.30. The maximum atomic E-state index is 12.6. The number of nitrogens with two attached hydrogens (primary N) is 1. The SMILES string of the molecule is Cc1ccc(-c2nc(N)nc3sc(C(=O)NCc4ccncc4)cc23)c(Cl)c1. The maximum absolute atomic E-state index is 12.6. The van der Waals surface area contributed by atoms with E-state index in [1.807, 2.05) is 37.3 Å². The first-order valence-corrected chi connectivity index (χ1v) is 9.71. The van der Waals surface area contributed by atoms with Gasteiger partial charge in [-0.1, -0.05) is 23.7 Å². The molecule has 3 aromatic heterocycles.